The molecule has 25 heavy (non-hydrogen) atoms. The quantitative estimate of drug-likeness (QED) is 0.772. The lowest BCUT2D eigenvalue weighted by Gasteiger charge is -2.08. The molecule has 0 aliphatic rings. The van der Waals surface area contributed by atoms with Crippen LogP contribution < -0.4 is 5.73 Å². The van der Waals surface area contributed by atoms with E-state index in [4.69, 9.17) is 5.73 Å². The highest BCUT2D eigenvalue weighted by molar-refractivity contribution is 5.75. The van der Waals surface area contributed by atoms with Gasteiger partial charge in [-0.2, -0.15) is 5.10 Å². The monoisotopic (exact) mass is 339 g/mol. The molecule has 0 unspecified atom stereocenters. The Balaban J connectivity index is 2.04. The fourth-order valence-corrected chi connectivity index (χ4v) is 2.62. The average molecular weight is 339 g/mol. The number of benzene rings is 1. The van der Waals surface area contributed by atoms with E-state index in [1.54, 1.807) is 23.0 Å². The zero-order valence-electron chi connectivity index (χ0n) is 14.0. The zero-order chi connectivity index (χ0) is 18.0. The van der Waals surface area contributed by atoms with E-state index in [0.29, 0.717) is 18.2 Å². The highest BCUT2D eigenvalue weighted by atomic mass is 19.1. The summed E-state index contributed by atoms with van der Waals surface area (Å²) in [6, 6.07) is 8.13. The van der Waals surface area contributed by atoms with Crippen molar-refractivity contribution in [3.05, 3.63) is 65.0 Å². The standard InChI is InChI=1S/C18H18FN5O/c1-11-7-12(2)21-9-15(11)18-22-17(8-16(20)25)23-24(18)10-13-3-5-14(19)6-4-13/h3-7,9H,8,10H2,1-2H3,(H2,20,25). The van der Waals surface area contributed by atoms with E-state index < -0.39 is 5.91 Å². The summed E-state index contributed by atoms with van der Waals surface area (Å²) in [5, 5.41) is 4.39. The third kappa shape index (κ3) is 3.88. The number of hydrogen-bond acceptors (Lipinski definition) is 4. The highest BCUT2D eigenvalue weighted by Crippen LogP contribution is 2.22. The Morgan fingerprint density at radius 1 is 1.24 bits per heavy atom. The van der Waals surface area contributed by atoms with Gasteiger partial charge < -0.3 is 5.73 Å². The average Bonchev–Trinajstić information content (AvgIpc) is 2.91. The lowest BCUT2D eigenvalue weighted by molar-refractivity contribution is -0.117. The SMILES string of the molecule is Cc1cc(C)c(-c2nc(CC(N)=O)nn2Cc2ccc(F)cc2)cn1. The molecule has 0 fully saturated rings. The Kier molecular flexibility index (Phi) is 4.56. The van der Waals surface area contributed by atoms with Crippen LogP contribution in [0.1, 0.15) is 22.6 Å². The highest BCUT2D eigenvalue weighted by Gasteiger charge is 2.16. The molecule has 0 aliphatic carbocycles. The summed E-state index contributed by atoms with van der Waals surface area (Å²) in [6.45, 7) is 4.28. The van der Waals surface area contributed by atoms with Crippen LogP contribution in [0.4, 0.5) is 4.39 Å². The first-order valence-corrected chi connectivity index (χ1v) is 7.82. The summed E-state index contributed by atoms with van der Waals surface area (Å²) >= 11 is 0. The number of aromatic nitrogens is 4. The van der Waals surface area contributed by atoms with E-state index in [1.165, 1.54) is 12.1 Å². The van der Waals surface area contributed by atoms with E-state index in [-0.39, 0.29) is 12.2 Å². The minimum absolute atomic E-state index is 0.0399. The van der Waals surface area contributed by atoms with Gasteiger partial charge in [0.25, 0.3) is 0 Å². The van der Waals surface area contributed by atoms with E-state index >= 15 is 0 Å². The first kappa shape index (κ1) is 16.8. The van der Waals surface area contributed by atoms with Crippen molar-refractivity contribution in [3.8, 4) is 11.4 Å². The number of primary amides is 1. The van der Waals surface area contributed by atoms with Crippen molar-refractivity contribution in [2.75, 3.05) is 0 Å². The number of hydrogen-bond donors (Lipinski definition) is 1. The van der Waals surface area contributed by atoms with Crippen LogP contribution in [-0.4, -0.2) is 25.7 Å². The summed E-state index contributed by atoms with van der Waals surface area (Å²) in [6.07, 6.45) is 1.70. The van der Waals surface area contributed by atoms with Gasteiger partial charge in [0.05, 0.1) is 13.0 Å². The maximum atomic E-state index is 13.1. The third-order valence-electron chi connectivity index (χ3n) is 3.78. The van der Waals surface area contributed by atoms with Gasteiger partial charge in [-0.3, -0.25) is 9.78 Å². The number of carbonyl (C=O) groups is 1. The molecule has 2 N–H and O–H groups in total. The lowest BCUT2D eigenvalue weighted by atomic mass is 10.1. The summed E-state index contributed by atoms with van der Waals surface area (Å²) in [5.74, 6) is 0.162. The Labute approximate surface area is 144 Å². The Bertz CT molecular complexity index is 918. The van der Waals surface area contributed by atoms with Gasteiger partial charge in [-0.1, -0.05) is 12.1 Å². The van der Waals surface area contributed by atoms with Crippen LogP contribution in [-0.2, 0) is 17.8 Å². The van der Waals surface area contributed by atoms with Crippen molar-refractivity contribution in [1.29, 1.82) is 0 Å². The number of carbonyl (C=O) groups excluding carboxylic acids is 1. The second-order valence-electron chi connectivity index (χ2n) is 5.92. The van der Waals surface area contributed by atoms with Crippen molar-refractivity contribution in [2.24, 2.45) is 5.73 Å². The fourth-order valence-electron chi connectivity index (χ4n) is 2.62. The summed E-state index contributed by atoms with van der Waals surface area (Å²) < 4.78 is 14.8. The Morgan fingerprint density at radius 2 is 1.96 bits per heavy atom. The molecule has 2 heterocycles. The molecular formula is C18H18FN5O. The van der Waals surface area contributed by atoms with Gasteiger partial charge in [0, 0.05) is 17.5 Å². The molecule has 128 valence electrons. The largest absolute Gasteiger partial charge is 0.369 e. The van der Waals surface area contributed by atoms with Crippen LogP contribution in [0.25, 0.3) is 11.4 Å². The van der Waals surface area contributed by atoms with Crippen molar-refractivity contribution in [3.63, 3.8) is 0 Å². The molecule has 0 aliphatic heterocycles. The molecule has 0 saturated carbocycles. The predicted molar refractivity (Wildman–Crippen MR) is 91.1 cm³/mol. The van der Waals surface area contributed by atoms with Crippen molar-refractivity contribution in [2.45, 2.75) is 26.8 Å². The van der Waals surface area contributed by atoms with Gasteiger partial charge in [0.1, 0.15) is 5.82 Å². The number of halogens is 1. The number of pyridine rings is 1. The van der Waals surface area contributed by atoms with Gasteiger partial charge in [-0.25, -0.2) is 14.1 Å². The molecular weight excluding hydrogens is 321 g/mol. The van der Waals surface area contributed by atoms with Gasteiger partial charge >= 0.3 is 0 Å². The summed E-state index contributed by atoms with van der Waals surface area (Å²) in [7, 11) is 0. The Hall–Kier alpha value is -3.09. The van der Waals surface area contributed by atoms with E-state index in [0.717, 1.165) is 22.4 Å². The number of rotatable bonds is 5. The third-order valence-corrected chi connectivity index (χ3v) is 3.78. The maximum Gasteiger partial charge on any atom is 0.225 e. The molecule has 0 saturated heterocycles. The smallest absolute Gasteiger partial charge is 0.225 e. The Morgan fingerprint density at radius 3 is 2.60 bits per heavy atom. The van der Waals surface area contributed by atoms with Gasteiger partial charge in [-0.15, -0.1) is 0 Å². The molecule has 1 amide bonds. The van der Waals surface area contributed by atoms with Crippen molar-refractivity contribution < 1.29 is 9.18 Å². The number of nitrogens with zero attached hydrogens (tertiary/aromatic N) is 4. The van der Waals surface area contributed by atoms with Crippen LogP contribution in [0.15, 0.2) is 36.5 Å². The van der Waals surface area contributed by atoms with Crippen molar-refractivity contribution >= 4 is 5.91 Å². The minimum Gasteiger partial charge on any atom is -0.369 e. The lowest BCUT2D eigenvalue weighted by Crippen LogP contribution is -2.15. The number of amides is 1. The van der Waals surface area contributed by atoms with Gasteiger partial charge in [-0.05, 0) is 43.2 Å². The van der Waals surface area contributed by atoms with Crippen LogP contribution in [0.5, 0.6) is 0 Å². The van der Waals surface area contributed by atoms with Crippen LogP contribution >= 0.6 is 0 Å². The first-order valence-electron chi connectivity index (χ1n) is 7.82. The topological polar surface area (TPSA) is 86.7 Å². The molecule has 6 nitrogen and oxygen atoms in total. The van der Waals surface area contributed by atoms with Crippen LogP contribution in [0, 0.1) is 19.7 Å². The van der Waals surface area contributed by atoms with Gasteiger partial charge in [0.2, 0.25) is 5.91 Å². The molecule has 0 spiro atoms. The molecule has 7 heteroatoms. The summed E-state index contributed by atoms with van der Waals surface area (Å²) in [4.78, 5) is 20.0. The number of nitrogens with two attached hydrogens (primary N) is 1. The van der Waals surface area contributed by atoms with E-state index in [9.17, 15) is 9.18 Å². The normalized spacial score (nSPS) is 10.8. The molecule has 3 aromatic rings. The van der Waals surface area contributed by atoms with E-state index in [2.05, 4.69) is 15.1 Å². The molecule has 0 atom stereocenters. The van der Waals surface area contributed by atoms with Crippen LogP contribution in [0.3, 0.4) is 0 Å². The minimum atomic E-state index is -0.496. The molecule has 0 bridgehead atoms. The molecule has 1 aromatic carbocycles. The zero-order valence-corrected chi connectivity index (χ0v) is 14.0. The van der Waals surface area contributed by atoms with E-state index in [1.807, 2.05) is 19.9 Å². The second kappa shape index (κ2) is 6.80. The molecule has 3 rings (SSSR count). The van der Waals surface area contributed by atoms with Crippen LogP contribution in [0.2, 0.25) is 0 Å². The summed E-state index contributed by atoms with van der Waals surface area (Å²) in [5.41, 5.74) is 8.87. The number of aryl methyl sites for hydroxylation is 2. The first-order chi connectivity index (χ1) is 11.9. The second-order valence-corrected chi connectivity index (χ2v) is 5.92. The fraction of sp³-hybridized carbons (Fsp3) is 0.222. The van der Waals surface area contributed by atoms with Gasteiger partial charge in [0.15, 0.2) is 11.6 Å². The molecule has 2 aromatic heterocycles. The maximum absolute atomic E-state index is 13.1. The van der Waals surface area contributed by atoms with Crippen molar-refractivity contribution in [1.82, 2.24) is 19.7 Å². The predicted octanol–water partition coefficient (Wildman–Crippen LogP) is 2.17. The molecule has 0 radical (unpaired) electrons.